The fourth-order valence-corrected chi connectivity index (χ4v) is 5.52. The van der Waals surface area contributed by atoms with Crippen molar-refractivity contribution in [2.45, 2.75) is 32.2 Å². The summed E-state index contributed by atoms with van der Waals surface area (Å²) in [7, 11) is 3.66. The van der Waals surface area contributed by atoms with Gasteiger partial charge in [-0.1, -0.05) is 6.07 Å². The van der Waals surface area contributed by atoms with Crippen molar-refractivity contribution in [3.05, 3.63) is 47.4 Å². The van der Waals surface area contributed by atoms with Crippen LogP contribution in [0.4, 0.5) is 5.69 Å². The molecule has 0 bridgehead atoms. The molecule has 3 aliphatic rings. The number of hydrogen-bond donors (Lipinski definition) is 2. The summed E-state index contributed by atoms with van der Waals surface area (Å²) in [4.78, 5) is 16.2. The van der Waals surface area contributed by atoms with E-state index in [0.29, 0.717) is 38.7 Å². The van der Waals surface area contributed by atoms with Gasteiger partial charge in [0.2, 0.25) is 5.91 Å². The predicted molar refractivity (Wildman–Crippen MR) is 139 cm³/mol. The van der Waals surface area contributed by atoms with E-state index in [4.69, 9.17) is 9.47 Å². The van der Waals surface area contributed by atoms with Crippen LogP contribution in [0, 0.1) is 11.3 Å². The van der Waals surface area contributed by atoms with Gasteiger partial charge in [0.05, 0.1) is 32.0 Å². The lowest BCUT2D eigenvalue weighted by Gasteiger charge is -2.39. The number of carbonyl (C=O) groups excluding carboxylic acids is 1. The average molecular weight is 493 g/mol. The minimum absolute atomic E-state index is 0.0426. The second-order valence-electron chi connectivity index (χ2n) is 10.1. The van der Waals surface area contributed by atoms with Crippen molar-refractivity contribution in [3.8, 4) is 11.1 Å². The van der Waals surface area contributed by atoms with Crippen molar-refractivity contribution < 1.29 is 14.3 Å². The molecule has 9 heteroatoms. The third kappa shape index (κ3) is 5.03. The summed E-state index contributed by atoms with van der Waals surface area (Å²) in [6, 6.07) is 6.71. The highest BCUT2D eigenvalue weighted by Crippen LogP contribution is 2.35. The Morgan fingerprint density at radius 1 is 1.33 bits per heavy atom. The van der Waals surface area contributed by atoms with Gasteiger partial charge in [0.15, 0.2) is 0 Å². The number of nitrogens with zero attached hydrogens (tertiary/aromatic N) is 4. The Balaban J connectivity index is 1.50. The highest BCUT2D eigenvalue weighted by molar-refractivity contribution is 6.09. The lowest BCUT2D eigenvalue weighted by Crippen LogP contribution is -2.47. The number of fused-ring (bicyclic) bond motifs is 1. The molecule has 2 atom stereocenters. The Bertz CT molecular complexity index is 1170. The van der Waals surface area contributed by atoms with Gasteiger partial charge in [0.1, 0.15) is 5.84 Å². The summed E-state index contributed by atoms with van der Waals surface area (Å²) in [6.07, 6.45) is 6.47. The summed E-state index contributed by atoms with van der Waals surface area (Å²) in [5.41, 5.74) is 6.41. The molecule has 1 saturated heterocycles. The molecule has 0 spiro atoms. The molecule has 2 aromatic rings. The fraction of sp³-hybridized carbons (Fsp3) is 0.519. The van der Waals surface area contributed by atoms with Crippen molar-refractivity contribution in [2.24, 2.45) is 13.0 Å². The molecule has 4 heterocycles. The molecular weight excluding hydrogens is 456 g/mol. The first kappa shape index (κ1) is 24.5. The average Bonchev–Trinajstić information content (AvgIpc) is 3.55. The number of nitrogens with one attached hydrogen (secondary N) is 2. The zero-order chi connectivity index (χ0) is 25.2. The molecule has 36 heavy (non-hydrogen) atoms. The third-order valence-electron chi connectivity index (χ3n) is 7.41. The van der Waals surface area contributed by atoms with Gasteiger partial charge in [-0.05, 0) is 36.1 Å². The smallest absolute Gasteiger partial charge is 0.219 e. The Morgan fingerprint density at radius 3 is 2.89 bits per heavy atom. The van der Waals surface area contributed by atoms with Crippen LogP contribution in [0.3, 0.4) is 0 Å². The quantitative estimate of drug-likeness (QED) is 0.475. The lowest BCUT2D eigenvalue weighted by atomic mass is 9.90. The van der Waals surface area contributed by atoms with Gasteiger partial charge in [0, 0.05) is 81.8 Å². The number of carbonyl (C=O) groups is 1. The number of aryl methyl sites for hydroxylation is 1. The molecule has 1 fully saturated rings. The molecule has 2 N–H and O–H groups in total. The number of amides is 1. The fourth-order valence-electron chi connectivity index (χ4n) is 5.52. The molecule has 9 nitrogen and oxygen atoms in total. The van der Waals surface area contributed by atoms with E-state index < -0.39 is 0 Å². The van der Waals surface area contributed by atoms with Crippen LogP contribution in [0.1, 0.15) is 25.3 Å². The van der Waals surface area contributed by atoms with Crippen LogP contribution in [0.2, 0.25) is 0 Å². The number of hydrogen-bond acceptors (Lipinski definition) is 6. The topological polar surface area (TPSA) is 95.7 Å². The Kier molecular flexibility index (Phi) is 7.11. The number of methoxy groups -OCH3 is 1. The van der Waals surface area contributed by atoms with Gasteiger partial charge in [-0.25, -0.2) is 0 Å². The van der Waals surface area contributed by atoms with E-state index in [1.807, 2.05) is 29.0 Å². The molecule has 3 aliphatic heterocycles. The number of benzene rings is 1. The van der Waals surface area contributed by atoms with Crippen LogP contribution in [-0.4, -0.2) is 79.0 Å². The highest BCUT2D eigenvalue weighted by atomic mass is 16.5. The molecule has 1 aromatic heterocycles. The molecule has 0 saturated carbocycles. The van der Waals surface area contributed by atoms with Crippen molar-refractivity contribution in [2.75, 3.05) is 51.5 Å². The molecule has 1 unspecified atom stereocenters. The summed E-state index contributed by atoms with van der Waals surface area (Å²) >= 11 is 0. The normalized spacial score (nSPS) is 22.1. The molecule has 0 radical (unpaired) electrons. The highest BCUT2D eigenvalue weighted by Gasteiger charge is 2.33. The molecular formula is C27H36N6O3. The second-order valence-corrected chi connectivity index (χ2v) is 10.1. The molecule has 1 amide bonds. The van der Waals surface area contributed by atoms with Crippen LogP contribution < -0.4 is 10.2 Å². The molecule has 1 aromatic carbocycles. The van der Waals surface area contributed by atoms with Crippen LogP contribution in [0.25, 0.3) is 11.1 Å². The lowest BCUT2D eigenvalue weighted by molar-refractivity contribution is -0.128. The maximum absolute atomic E-state index is 12.3. The number of ether oxygens (including phenoxy) is 2. The van der Waals surface area contributed by atoms with E-state index in [9.17, 15) is 10.2 Å². The third-order valence-corrected chi connectivity index (χ3v) is 7.41. The van der Waals surface area contributed by atoms with Crippen LogP contribution in [0.15, 0.2) is 41.9 Å². The van der Waals surface area contributed by atoms with E-state index >= 15 is 0 Å². The van der Waals surface area contributed by atoms with Gasteiger partial charge >= 0.3 is 0 Å². The number of anilines is 1. The first-order chi connectivity index (χ1) is 17.4. The monoisotopic (exact) mass is 492 g/mol. The van der Waals surface area contributed by atoms with Crippen molar-refractivity contribution in [1.82, 2.24) is 20.0 Å². The molecule has 192 valence electrons. The Hall–Kier alpha value is -3.17. The number of rotatable bonds is 6. The summed E-state index contributed by atoms with van der Waals surface area (Å²) in [6.45, 7) is 5.49. The minimum Gasteiger partial charge on any atom is -0.384 e. The van der Waals surface area contributed by atoms with E-state index in [-0.39, 0.29) is 17.9 Å². The summed E-state index contributed by atoms with van der Waals surface area (Å²) < 4.78 is 12.9. The first-order valence-electron chi connectivity index (χ1n) is 12.7. The zero-order valence-electron chi connectivity index (χ0n) is 21.4. The van der Waals surface area contributed by atoms with Gasteiger partial charge < -0.3 is 24.6 Å². The first-order valence-corrected chi connectivity index (χ1v) is 12.7. The maximum Gasteiger partial charge on any atom is 0.219 e. The summed E-state index contributed by atoms with van der Waals surface area (Å²) in [5.74, 6) is 0.763. The minimum atomic E-state index is 0.0426. The van der Waals surface area contributed by atoms with Crippen molar-refractivity contribution >= 4 is 17.4 Å². The van der Waals surface area contributed by atoms with E-state index in [2.05, 4.69) is 33.5 Å². The van der Waals surface area contributed by atoms with Crippen LogP contribution in [-0.2, 0) is 27.7 Å². The van der Waals surface area contributed by atoms with Gasteiger partial charge in [-0.3, -0.25) is 14.9 Å². The second kappa shape index (κ2) is 10.4. The SMILES string of the molecule is COCC1Cc2cc(-c3cnn(C)c3)ccc2N(C(=N)C2=C(N[C@H]3CCOC3)CCN(C(C)=O)C2)C1. The van der Waals surface area contributed by atoms with Gasteiger partial charge in [0.25, 0.3) is 0 Å². The number of aromatic nitrogens is 2. The van der Waals surface area contributed by atoms with Gasteiger partial charge in [-0.2, -0.15) is 5.10 Å². The Labute approximate surface area is 212 Å². The van der Waals surface area contributed by atoms with E-state index in [1.165, 1.54) is 5.56 Å². The van der Waals surface area contributed by atoms with E-state index in [0.717, 1.165) is 54.0 Å². The number of amidine groups is 1. The van der Waals surface area contributed by atoms with Gasteiger partial charge in [-0.15, -0.1) is 0 Å². The summed E-state index contributed by atoms with van der Waals surface area (Å²) in [5, 5.41) is 17.4. The Morgan fingerprint density at radius 2 is 2.19 bits per heavy atom. The zero-order valence-corrected chi connectivity index (χ0v) is 21.4. The maximum atomic E-state index is 12.3. The van der Waals surface area contributed by atoms with Crippen molar-refractivity contribution in [3.63, 3.8) is 0 Å². The van der Waals surface area contributed by atoms with Crippen molar-refractivity contribution in [1.29, 1.82) is 5.41 Å². The predicted octanol–water partition coefficient (Wildman–Crippen LogP) is 2.57. The standard InChI is InChI=1S/C27H36N6O3/c1-18(34)32-8-6-25(30-23-7-9-36-17-23)24(15-32)27(28)33-13-19(16-35-3)10-21-11-20(4-5-26(21)33)22-12-29-31(2)14-22/h4-5,11-12,14,19,23,28,30H,6-10,13,15-17H2,1-3H3/t19?,23-/m0/s1. The van der Waals surface area contributed by atoms with Crippen LogP contribution >= 0.6 is 0 Å². The molecule has 5 rings (SSSR count). The van der Waals surface area contributed by atoms with Crippen LogP contribution in [0.5, 0.6) is 0 Å². The molecule has 0 aliphatic carbocycles. The largest absolute Gasteiger partial charge is 0.384 e. The van der Waals surface area contributed by atoms with E-state index in [1.54, 1.807) is 14.0 Å².